The summed E-state index contributed by atoms with van der Waals surface area (Å²) in [4.78, 5) is 27.7. The summed E-state index contributed by atoms with van der Waals surface area (Å²) < 4.78 is 70.0. The third kappa shape index (κ3) is 7.40. The van der Waals surface area contributed by atoms with Crippen LogP contribution >= 0.6 is 0 Å². The van der Waals surface area contributed by atoms with Crippen molar-refractivity contribution in [1.29, 1.82) is 0 Å². The molecule has 1 aliphatic rings. The summed E-state index contributed by atoms with van der Waals surface area (Å²) >= 11 is 0. The number of sulfonamides is 1. The first-order chi connectivity index (χ1) is 18.1. The molecule has 14 heteroatoms. The van der Waals surface area contributed by atoms with Crippen molar-refractivity contribution in [2.45, 2.75) is 32.2 Å². The lowest BCUT2D eigenvalue weighted by molar-refractivity contribution is -0.137. The number of benzene rings is 2. The molecular weight excluding hydrogens is 541 g/mol. The van der Waals surface area contributed by atoms with Gasteiger partial charge in [-0.1, -0.05) is 13.0 Å². The molecule has 0 bridgehead atoms. The average molecular weight is 573 g/mol. The Kier molecular flexibility index (Phi) is 9.13. The molecule has 3 rings (SSSR count). The van der Waals surface area contributed by atoms with Gasteiger partial charge in [-0.05, 0) is 43.3 Å². The minimum atomic E-state index is -4.52. The summed E-state index contributed by atoms with van der Waals surface area (Å²) in [5, 5.41) is 14.7. The fourth-order valence-corrected chi connectivity index (χ4v) is 4.39. The van der Waals surface area contributed by atoms with E-state index in [9.17, 15) is 36.3 Å². The summed E-state index contributed by atoms with van der Waals surface area (Å²) in [6, 6.07) is 6.98. The lowest BCUT2D eigenvalue weighted by Gasteiger charge is -2.38. The molecule has 3 atom stereocenters. The normalized spacial score (nSPS) is 19.0. The van der Waals surface area contributed by atoms with Gasteiger partial charge in [0.2, 0.25) is 10.0 Å². The second kappa shape index (κ2) is 11.8. The molecule has 0 saturated heterocycles. The number of hydrogen-bond donors (Lipinski definition) is 3. The van der Waals surface area contributed by atoms with Crippen LogP contribution in [0.3, 0.4) is 0 Å². The molecule has 39 heavy (non-hydrogen) atoms. The molecule has 0 aromatic heterocycles. The Balaban J connectivity index is 1.95. The van der Waals surface area contributed by atoms with Gasteiger partial charge in [-0.25, -0.2) is 17.5 Å². The molecule has 3 N–H and O–H groups in total. The van der Waals surface area contributed by atoms with E-state index >= 15 is 0 Å². The second-order valence-corrected chi connectivity index (χ2v) is 11.6. The van der Waals surface area contributed by atoms with Crippen molar-refractivity contribution < 1.29 is 41.0 Å². The van der Waals surface area contributed by atoms with Crippen LogP contribution in [0.2, 0.25) is 0 Å². The van der Waals surface area contributed by atoms with E-state index in [-0.39, 0.29) is 48.3 Å². The van der Waals surface area contributed by atoms with Crippen LogP contribution in [0, 0.1) is 5.92 Å². The summed E-state index contributed by atoms with van der Waals surface area (Å²) in [6.07, 6.45) is -4.21. The van der Waals surface area contributed by atoms with Crippen LogP contribution in [-0.4, -0.2) is 79.8 Å². The zero-order chi connectivity index (χ0) is 29.1. The van der Waals surface area contributed by atoms with E-state index in [0.717, 1.165) is 34.8 Å². The number of fused-ring (bicyclic) bond motifs is 1. The number of alkyl halides is 3. The van der Waals surface area contributed by atoms with Crippen LogP contribution in [0.15, 0.2) is 42.5 Å². The van der Waals surface area contributed by atoms with Gasteiger partial charge in [-0.15, -0.1) is 0 Å². The van der Waals surface area contributed by atoms with Crippen LogP contribution < -0.4 is 15.4 Å². The fraction of sp³-hybridized carbons (Fsp3) is 0.440. The van der Waals surface area contributed by atoms with Gasteiger partial charge in [0.05, 0.1) is 42.3 Å². The number of urea groups is 1. The van der Waals surface area contributed by atoms with E-state index in [1.165, 1.54) is 30.1 Å². The van der Waals surface area contributed by atoms with Gasteiger partial charge in [-0.3, -0.25) is 4.79 Å². The van der Waals surface area contributed by atoms with Crippen molar-refractivity contribution in [3.05, 3.63) is 53.6 Å². The molecule has 1 heterocycles. The van der Waals surface area contributed by atoms with E-state index in [2.05, 4.69) is 10.6 Å². The molecule has 214 valence electrons. The number of hydrogen-bond acceptors (Lipinski definition) is 6. The number of amides is 3. The average Bonchev–Trinajstić information content (AvgIpc) is 2.85. The number of aliphatic hydroxyl groups excluding tert-OH is 1. The molecule has 0 radical (unpaired) electrons. The van der Waals surface area contributed by atoms with Gasteiger partial charge < -0.3 is 25.4 Å². The van der Waals surface area contributed by atoms with E-state index < -0.39 is 45.8 Å². The minimum absolute atomic E-state index is 0.00124. The molecule has 1 aliphatic heterocycles. The predicted octanol–water partition coefficient (Wildman–Crippen LogP) is 3.46. The van der Waals surface area contributed by atoms with E-state index in [4.69, 9.17) is 4.74 Å². The SMILES string of the molecule is C[C@H](CO)N1C[C@H](C)[C@H](CN(C)S(C)(=O)=O)Oc2c(NC(=O)Nc3ccc(C(F)(F)F)cc3)cccc2C1=O. The lowest BCUT2D eigenvalue weighted by Crippen LogP contribution is -2.50. The maximum atomic E-state index is 13.5. The number of anilines is 2. The number of nitrogens with zero attached hydrogens (tertiary/aromatic N) is 2. The first-order valence-corrected chi connectivity index (χ1v) is 13.8. The van der Waals surface area contributed by atoms with Crippen molar-refractivity contribution >= 4 is 33.3 Å². The van der Waals surface area contributed by atoms with E-state index in [0.29, 0.717) is 0 Å². The first-order valence-electron chi connectivity index (χ1n) is 12.0. The van der Waals surface area contributed by atoms with Crippen LogP contribution in [-0.2, 0) is 16.2 Å². The number of nitrogens with one attached hydrogen (secondary N) is 2. The highest BCUT2D eigenvalue weighted by atomic mass is 32.2. The maximum absolute atomic E-state index is 13.5. The fourth-order valence-electron chi connectivity index (χ4n) is 3.98. The summed E-state index contributed by atoms with van der Waals surface area (Å²) in [5.41, 5.74) is -0.601. The third-order valence-corrected chi connectivity index (χ3v) is 7.69. The first kappa shape index (κ1) is 30.2. The number of carbonyl (C=O) groups excluding carboxylic acids is 2. The van der Waals surface area contributed by atoms with Crippen molar-refractivity contribution in [3.8, 4) is 5.75 Å². The summed E-state index contributed by atoms with van der Waals surface area (Å²) in [6.45, 7) is 3.26. The van der Waals surface area contributed by atoms with Gasteiger partial charge in [0.1, 0.15) is 6.10 Å². The Morgan fingerprint density at radius 2 is 1.85 bits per heavy atom. The van der Waals surface area contributed by atoms with E-state index in [1.807, 2.05) is 0 Å². The zero-order valence-electron chi connectivity index (χ0n) is 21.8. The summed E-state index contributed by atoms with van der Waals surface area (Å²) in [7, 11) is -2.17. The van der Waals surface area contributed by atoms with Gasteiger partial charge in [0.25, 0.3) is 5.91 Å². The number of halogens is 3. The highest BCUT2D eigenvalue weighted by molar-refractivity contribution is 7.88. The highest BCUT2D eigenvalue weighted by Crippen LogP contribution is 2.35. The molecule has 2 aromatic rings. The van der Waals surface area contributed by atoms with Crippen molar-refractivity contribution in [3.63, 3.8) is 0 Å². The van der Waals surface area contributed by atoms with Gasteiger partial charge in [0.15, 0.2) is 5.75 Å². The Bertz CT molecular complexity index is 1300. The number of likely N-dealkylation sites (N-methyl/N-ethyl adjacent to an activating group) is 1. The third-order valence-electron chi connectivity index (χ3n) is 6.41. The largest absolute Gasteiger partial charge is 0.486 e. The number of ether oxygens (including phenoxy) is 1. The topological polar surface area (TPSA) is 128 Å². The van der Waals surface area contributed by atoms with Crippen molar-refractivity contribution in [1.82, 2.24) is 9.21 Å². The molecule has 0 spiro atoms. The zero-order valence-corrected chi connectivity index (χ0v) is 22.6. The number of aliphatic hydroxyl groups is 1. The van der Waals surface area contributed by atoms with E-state index in [1.54, 1.807) is 13.8 Å². The standard InChI is InChI=1S/C25H31F3N4O6S/c1-15-12-32(16(2)14-33)23(34)19-6-5-7-20(22(19)38-21(15)13-31(3)39(4,36)37)30-24(35)29-18-10-8-17(9-11-18)25(26,27)28/h5-11,15-16,21,33H,12-14H2,1-4H3,(H2,29,30,35)/t15-,16+,21-/m0/s1. The molecule has 10 nitrogen and oxygen atoms in total. The second-order valence-electron chi connectivity index (χ2n) is 9.50. The van der Waals surface area contributed by atoms with Crippen LogP contribution in [0.1, 0.15) is 29.8 Å². The monoisotopic (exact) mass is 572 g/mol. The molecule has 2 aromatic carbocycles. The van der Waals surface area contributed by atoms with Crippen LogP contribution in [0.5, 0.6) is 5.75 Å². The number of para-hydroxylation sites is 1. The Morgan fingerprint density at radius 3 is 2.41 bits per heavy atom. The lowest BCUT2D eigenvalue weighted by atomic mass is 9.99. The van der Waals surface area contributed by atoms with Gasteiger partial charge in [0, 0.05) is 25.2 Å². The van der Waals surface area contributed by atoms with Crippen LogP contribution in [0.4, 0.5) is 29.3 Å². The molecule has 0 fully saturated rings. The van der Waals surface area contributed by atoms with Crippen molar-refractivity contribution in [2.75, 3.05) is 43.6 Å². The van der Waals surface area contributed by atoms with Crippen LogP contribution in [0.25, 0.3) is 0 Å². The Labute approximate surface area is 224 Å². The quantitative estimate of drug-likeness (QED) is 0.466. The maximum Gasteiger partial charge on any atom is 0.416 e. The highest BCUT2D eigenvalue weighted by Gasteiger charge is 2.35. The molecule has 3 amide bonds. The Morgan fingerprint density at radius 1 is 1.21 bits per heavy atom. The predicted molar refractivity (Wildman–Crippen MR) is 139 cm³/mol. The molecule has 0 saturated carbocycles. The number of carbonyl (C=O) groups is 2. The van der Waals surface area contributed by atoms with Crippen molar-refractivity contribution in [2.24, 2.45) is 5.92 Å². The Hall–Kier alpha value is -3.36. The molecular formula is C25H31F3N4O6S. The smallest absolute Gasteiger partial charge is 0.416 e. The molecule has 0 unspecified atom stereocenters. The summed E-state index contributed by atoms with van der Waals surface area (Å²) in [5.74, 6) is -0.840. The van der Waals surface area contributed by atoms with Gasteiger partial charge >= 0.3 is 12.2 Å². The number of rotatable bonds is 7. The van der Waals surface area contributed by atoms with Gasteiger partial charge in [-0.2, -0.15) is 13.2 Å². The minimum Gasteiger partial charge on any atom is -0.486 e. The molecule has 0 aliphatic carbocycles.